The summed E-state index contributed by atoms with van der Waals surface area (Å²) in [6.07, 6.45) is 0. The minimum absolute atomic E-state index is 0.0589. The van der Waals surface area contributed by atoms with E-state index in [4.69, 9.17) is 4.74 Å². The van der Waals surface area contributed by atoms with Crippen LogP contribution in [0.1, 0.15) is 42.3 Å². The van der Waals surface area contributed by atoms with E-state index in [2.05, 4.69) is 16.7 Å². The van der Waals surface area contributed by atoms with E-state index in [9.17, 15) is 9.90 Å². The maximum atomic E-state index is 13.9. The lowest BCUT2D eigenvalue weighted by Crippen LogP contribution is -2.48. The first-order valence-corrected chi connectivity index (χ1v) is 12.2. The Labute approximate surface area is 202 Å². The number of aromatic hydroxyl groups is 1. The summed E-state index contributed by atoms with van der Waals surface area (Å²) in [6, 6.07) is 19.3. The summed E-state index contributed by atoms with van der Waals surface area (Å²) >= 11 is 0. The van der Waals surface area contributed by atoms with Crippen LogP contribution in [-0.2, 0) is 6.54 Å². The molecule has 6 heteroatoms. The Hall–Kier alpha value is -3.09. The van der Waals surface area contributed by atoms with Gasteiger partial charge >= 0.3 is 0 Å². The average Bonchev–Trinajstić information content (AvgIpc) is 2.86. The number of rotatable bonds is 8. The number of piperazine rings is 1. The van der Waals surface area contributed by atoms with Crippen molar-refractivity contribution in [3.63, 3.8) is 0 Å². The van der Waals surface area contributed by atoms with Crippen molar-refractivity contribution in [2.24, 2.45) is 0 Å². The molecule has 0 radical (unpaired) electrons. The maximum Gasteiger partial charge on any atom is 0.259 e. The van der Waals surface area contributed by atoms with Crippen molar-refractivity contribution in [1.29, 1.82) is 0 Å². The molecule has 1 aliphatic rings. The van der Waals surface area contributed by atoms with Gasteiger partial charge in [0.2, 0.25) is 0 Å². The van der Waals surface area contributed by atoms with E-state index in [1.807, 2.05) is 68.4 Å². The van der Waals surface area contributed by atoms with E-state index in [1.54, 1.807) is 10.6 Å². The molecule has 0 bridgehead atoms. The number of likely N-dealkylation sites (N-methyl/N-ethyl adjacent to an activating group) is 1. The van der Waals surface area contributed by atoms with Gasteiger partial charge in [0.05, 0.1) is 24.8 Å². The molecular formula is C28H35N3O3. The van der Waals surface area contributed by atoms with E-state index in [1.165, 1.54) is 0 Å². The number of hydrogen-bond acceptors (Lipinski definition) is 5. The van der Waals surface area contributed by atoms with Gasteiger partial charge in [-0.15, -0.1) is 0 Å². The molecule has 1 atom stereocenters. The van der Waals surface area contributed by atoms with Crippen molar-refractivity contribution >= 4 is 0 Å². The van der Waals surface area contributed by atoms with Crippen LogP contribution >= 0.6 is 0 Å². The average molecular weight is 462 g/mol. The number of aromatic nitrogens is 1. The molecule has 3 aromatic rings. The monoisotopic (exact) mass is 461 g/mol. The summed E-state index contributed by atoms with van der Waals surface area (Å²) in [6.45, 7) is 11.6. The van der Waals surface area contributed by atoms with Crippen LogP contribution in [0.2, 0.25) is 0 Å². The Kier molecular flexibility index (Phi) is 7.70. The molecule has 1 fully saturated rings. The molecule has 0 saturated carbocycles. The summed E-state index contributed by atoms with van der Waals surface area (Å²) in [7, 11) is 0. The second kappa shape index (κ2) is 10.9. The lowest BCUT2D eigenvalue weighted by molar-refractivity contribution is 0.111. The van der Waals surface area contributed by atoms with Gasteiger partial charge in [-0.2, -0.15) is 0 Å². The molecule has 0 unspecified atom stereocenters. The molecule has 34 heavy (non-hydrogen) atoms. The van der Waals surface area contributed by atoms with E-state index in [0.29, 0.717) is 18.7 Å². The minimum Gasteiger partial charge on any atom is -0.507 e. The zero-order valence-electron chi connectivity index (χ0n) is 20.4. The molecular weight excluding hydrogens is 426 g/mol. The molecule has 0 amide bonds. The highest BCUT2D eigenvalue weighted by Gasteiger charge is 2.31. The Morgan fingerprint density at radius 3 is 2.26 bits per heavy atom. The number of aryl methyl sites for hydroxylation is 1. The summed E-state index contributed by atoms with van der Waals surface area (Å²) < 4.78 is 7.41. The highest BCUT2D eigenvalue weighted by atomic mass is 16.5. The van der Waals surface area contributed by atoms with Gasteiger partial charge in [0, 0.05) is 31.9 Å². The largest absolute Gasteiger partial charge is 0.507 e. The molecule has 1 aromatic heterocycles. The molecule has 0 spiro atoms. The number of pyridine rings is 1. The number of hydrogen-bond donors (Lipinski definition) is 1. The fraction of sp³-hybridized carbons (Fsp3) is 0.393. The summed E-state index contributed by atoms with van der Waals surface area (Å²) in [5.41, 5.74) is 3.08. The predicted octanol–water partition coefficient (Wildman–Crippen LogP) is 4.04. The SMILES string of the molecule is CCOc1ccc([C@H](c2c(O)cc(C)n(Cc3ccccc3)c2=O)N2CCN(CC)CC2)cc1. The smallest absolute Gasteiger partial charge is 0.259 e. The van der Waals surface area contributed by atoms with Crippen LogP contribution in [0.25, 0.3) is 0 Å². The zero-order valence-corrected chi connectivity index (χ0v) is 20.4. The van der Waals surface area contributed by atoms with E-state index >= 15 is 0 Å². The van der Waals surface area contributed by atoms with Gasteiger partial charge in [-0.25, -0.2) is 0 Å². The first-order chi connectivity index (χ1) is 16.5. The molecule has 1 aliphatic heterocycles. The predicted molar refractivity (Wildman–Crippen MR) is 136 cm³/mol. The van der Waals surface area contributed by atoms with Crippen LogP contribution in [0.4, 0.5) is 0 Å². The summed E-state index contributed by atoms with van der Waals surface area (Å²) in [5.74, 6) is 0.860. The van der Waals surface area contributed by atoms with Crippen LogP contribution < -0.4 is 10.3 Å². The lowest BCUT2D eigenvalue weighted by atomic mass is 9.95. The van der Waals surface area contributed by atoms with Crippen molar-refractivity contribution in [1.82, 2.24) is 14.4 Å². The second-order valence-corrected chi connectivity index (χ2v) is 8.84. The second-order valence-electron chi connectivity index (χ2n) is 8.84. The molecule has 2 aromatic carbocycles. The first kappa shape index (κ1) is 24.0. The maximum absolute atomic E-state index is 13.9. The van der Waals surface area contributed by atoms with Crippen molar-refractivity contribution in [3.8, 4) is 11.5 Å². The van der Waals surface area contributed by atoms with Crippen molar-refractivity contribution in [2.45, 2.75) is 33.4 Å². The van der Waals surface area contributed by atoms with Crippen LogP contribution in [0.3, 0.4) is 0 Å². The zero-order chi connectivity index (χ0) is 24.1. The number of nitrogens with zero attached hydrogens (tertiary/aromatic N) is 3. The third-order valence-corrected chi connectivity index (χ3v) is 6.71. The molecule has 1 saturated heterocycles. The fourth-order valence-corrected chi connectivity index (χ4v) is 4.80. The van der Waals surface area contributed by atoms with Gasteiger partial charge in [0.1, 0.15) is 11.5 Å². The highest BCUT2D eigenvalue weighted by molar-refractivity contribution is 5.42. The van der Waals surface area contributed by atoms with Crippen molar-refractivity contribution < 1.29 is 9.84 Å². The Morgan fingerprint density at radius 1 is 0.971 bits per heavy atom. The van der Waals surface area contributed by atoms with E-state index in [0.717, 1.165) is 55.3 Å². The fourth-order valence-electron chi connectivity index (χ4n) is 4.80. The summed E-state index contributed by atoms with van der Waals surface area (Å²) in [4.78, 5) is 18.6. The quantitative estimate of drug-likeness (QED) is 0.549. The molecule has 6 nitrogen and oxygen atoms in total. The van der Waals surface area contributed by atoms with Crippen LogP contribution in [0.15, 0.2) is 65.5 Å². The van der Waals surface area contributed by atoms with Gasteiger partial charge < -0.3 is 19.3 Å². The Bertz CT molecular complexity index is 1130. The van der Waals surface area contributed by atoms with Crippen molar-refractivity contribution in [3.05, 3.63) is 93.4 Å². The van der Waals surface area contributed by atoms with E-state index in [-0.39, 0.29) is 17.4 Å². The first-order valence-electron chi connectivity index (χ1n) is 12.2. The molecule has 2 heterocycles. The molecule has 180 valence electrons. The number of benzene rings is 2. The van der Waals surface area contributed by atoms with E-state index < -0.39 is 0 Å². The highest BCUT2D eigenvalue weighted by Crippen LogP contribution is 2.34. The van der Waals surface area contributed by atoms with Gasteiger partial charge in [-0.05, 0) is 49.7 Å². The van der Waals surface area contributed by atoms with Crippen LogP contribution in [0.5, 0.6) is 11.5 Å². The minimum atomic E-state index is -0.329. The van der Waals surface area contributed by atoms with Crippen molar-refractivity contribution in [2.75, 3.05) is 39.3 Å². The van der Waals surface area contributed by atoms with Gasteiger partial charge in [-0.3, -0.25) is 9.69 Å². The summed E-state index contributed by atoms with van der Waals surface area (Å²) in [5, 5.41) is 11.1. The third-order valence-electron chi connectivity index (χ3n) is 6.71. The van der Waals surface area contributed by atoms with Crippen LogP contribution in [-0.4, -0.2) is 58.8 Å². The van der Waals surface area contributed by atoms with Crippen LogP contribution in [0, 0.1) is 6.92 Å². The van der Waals surface area contributed by atoms with Gasteiger partial charge in [0.25, 0.3) is 5.56 Å². The third kappa shape index (κ3) is 5.18. The number of ether oxygens (including phenoxy) is 1. The standard InChI is InChI=1S/C28H35N3O3/c1-4-29-15-17-30(18-16-29)27(23-11-13-24(14-12-23)34-5-2)26-25(32)19-21(3)31(28(26)33)20-22-9-7-6-8-10-22/h6-14,19,27,32H,4-5,15-18,20H2,1-3H3/t27-/m1/s1. The Balaban J connectivity index is 1.79. The molecule has 0 aliphatic carbocycles. The Morgan fingerprint density at radius 2 is 1.65 bits per heavy atom. The topological polar surface area (TPSA) is 57.9 Å². The molecule has 1 N–H and O–H groups in total. The lowest BCUT2D eigenvalue weighted by Gasteiger charge is -2.39. The molecule has 4 rings (SSSR count). The van der Waals surface area contributed by atoms with Gasteiger partial charge in [-0.1, -0.05) is 49.4 Å². The normalized spacial score (nSPS) is 15.9. The van der Waals surface area contributed by atoms with Gasteiger partial charge in [0.15, 0.2) is 0 Å².